The maximum Gasteiger partial charge on any atom is 0.234 e. The van der Waals surface area contributed by atoms with Crippen LogP contribution in [-0.4, -0.2) is 34.4 Å². The Balaban J connectivity index is 1.89. The van der Waals surface area contributed by atoms with E-state index < -0.39 is 0 Å². The van der Waals surface area contributed by atoms with E-state index in [0.29, 0.717) is 35.6 Å². The fraction of sp³-hybridized carbons (Fsp3) is 0.417. The third kappa shape index (κ3) is 2.47. The number of ether oxygens (including phenoxy) is 1. The van der Waals surface area contributed by atoms with Crippen LogP contribution in [0, 0.1) is 0 Å². The quantitative estimate of drug-likeness (QED) is 0.899. The molecule has 1 aliphatic heterocycles. The van der Waals surface area contributed by atoms with Gasteiger partial charge in [0.2, 0.25) is 11.7 Å². The summed E-state index contributed by atoms with van der Waals surface area (Å²) in [6.07, 6.45) is 2.42. The summed E-state index contributed by atoms with van der Waals surface area (Å²) in [5, 5.41) is 4.40. The molecule has 2 unspecified atom stereocenters. The van der Waals surface area contributed by atoms with Gasteiger partial charge in [-0.3, -0.25) is 4.98 Å². The van der Waals surface area contributed by atoms with E-state index in [0.717, 1.165) is 6.42 Å². The second-order valence-electron chi connectivity index (χ2n) is 4.42. The van der Waals surface area contributed by atoms with Gasteiger partial charge in [0, 0.05) is 18.8 Å². The van der Waals surface area contributed by atoms with Crippen LogP contribution in [0.4, 0.5) is 0 Å². The van der Waals surface area contributed by atoms with Crippen molar-refractivity contribution in [3.8, 4) is 11.5 Å². The molecule has 0 aromatic carbocycles. The third-order valence-electron chi connectivity index (χ3n) is 3.14. The van der Waals surface area contributed by atoms with Gasteiger partial charge < -0.3 is 15.0 Å². The maximum atomic E-state index is 6.05. The average Bonchev–Trinajstić information content (AvgIpc) is 2.89. The molecule has 2 aromatic rings. The average molecular weight is 281 g/mol. The van der Waals surface area contributed by atoms with E-state index in [1.165, 1.54) is 0 Å². The summed E-state index contributed by atoms with van der Waals surface area (Å²) >= 11 is 6.05. The Morgan fingerprint density at radius 3 is 3.11 bits per heavy atom. The first kappa shape index (κ1) is 12.5. The highest BCUT2D eigenvalue weighted by atomic mass is 35.5. The molecule has 1 aliphatic rings. The number of nitrogens with zero attached hydrogens (tertiary/aromatic N) is 3. The lowest BCUT2D eigenvalue weighted by molar-refractivity contribution is 0.0590. The van der Waals surface area contributed by atoms with Crippen molar-refractivity contribution in [3.05, 3.63) is 29.2 Å². The van der Waals surface area contributed by atoms with Crippen molar-refractivity contribution in [2.45, 2.75) is 18.4 Å². The lowest BCUT2D eigenvalue weighted by atomic mass is 9.97. The van der Waals surface area contributed by atoms with Crippen LogP contribution in [-0.2, 0) is 4.74 Å². The highest BCUT2D eigenvalue weighted by Gasteiger charge is 2.29. The van der Waals surface area contributed by atoms with Crippen LogP contribution in [0.15, 0.2) is 22.9 Å². The van der Waals surface area contributed by atoms with Crippen LogP contribution in [0.2, 0.25) is 5.02 Å². The molecule has 0 spiro atoms. The Kier molecular flexibility index (Phi) is 3.46. The minimum absolute atomic E-state index is 0.0266. The summed E-state index contributed by atoms with van der Waals surface area (Å²) in [4.78, 5) is 8.48. The lowest BCUT2D eigenvalue weighted by Gasteiger charge is -2.25. The molecule has 3 rings (SSSR count). The Bertz CT molecular complexity index is 574. The monoisotopic (exact) mass is 280 g/mol. The molecule has 100 valence electrons. The Hall–Kier alpha value is -1.50. The van der Waals surface area contributed by atoms with Crippen LogP contribution >= 0.6 is 11.6 Å². The molecule has 2 N–H and O–H groups in total. The van der Waals surface area contributed by atoms with Crippen molar-refractivity contribution >= 4 is 11.6 Å². The summed E-state index contributed by atoms with van der Waals surface area (Å²) < 4.78 is 10.7. The summed E-state index contributed by atoms with van der Waals surface area (Å²) in [5.74, 6) is 0.778. The SMILES string of the molecule is NC1CCOCC1c1nc(-c2ncccc2Cl)no1. The zero-order valence-electron chi connectivity index (χ0n) is 10.1. The van der Waals surface area contributed by atoms with E-state index in [9.17, 15) is 0 Å². The zero-order valence-corrected chi connectivity index (χ0v) is 10.9. The topological polar surface area (TPSA) is 87.1 Å². The molecule has 0 aliphatic carbocycles. The standard InChI is InChI=1S/C12H13ClN4O2/c13-8-2-1-4-15-10(8)11-16-12(19-17-11)7-6-18-5-3-9(7)14/h1-2,4,7,9H,3,5-6,14H2. The van der Waals surface area contributed by atoms with Gasteiger partial charge in [-0.25, -0.2) is 0 Å². The van der Waals surface area contributed by atoms with Crippen molar-refractivity contribution in [3.63, 3.8) is 0 Å². The molecule has 0 amide bonds. The van der Waals surface area contributed by atoms with Crippen molar-refractivity contribution in [2.75, 3.05) is 13.2 Å². The first-order valence-corrected chi connectivity index (χ1v) is 6.41. The van der Waals surface area contributed by atoms with E-state index in [-0.39, 0.29) is 12.0 Å². The summed E-state index contributed by atoms with van der Waals surface area (Å²) in [5.41, 5.74) is 6.54. The summed E-state index contributed by atoms with van der Waals surface area (Å²) in [6.45, 7) is 1.17. The van der Waals surface area contributed by atoms with Gasteiger partial charge in [-0.15, -0.1) is 0 Å². The first-order valence-electron chi connectivity index (χ1n) is 6.03. The smallest absolute Gasteiger partial charge is 0.234 e. The maximum absolute atomic E-state index is 6.05. The van der Waals surface area contributed by atoms with E-state index >= 15 is 0 Å². The Labute approximate surface area is 114 Å². The molecule has 3 heterocycles. The highest BCUT2D eigenvalue weighted by molar-refractivity contribution is 6.32. The van der Waals surface area contributed by atoms with E-state index in [4.69, 9.17) is 26.6 Å². The largest absolute Gasteiger partial charge is 0.381 e. The van der Waals surface area contributed by atoms with Gasteiger partial charge in [0.1, 0.15) is 5.69 Å². The van der Waals surface area contributed by atoms with Gasteiger partial charge in [0.25, 0.3) is 0 Å². The highest BCUT2D eigenvalue weighted by Crippen LogP contribution is 2.27. The first-order chi connectivity index (χ1) is 9.25. The van der Waals surface area contributed by atoms with Crippen molar-refractivity contribution in [2.24, 2.45) is 5.73 Å². The Morgan fingerprint density at radius 1 is 1.42 bits per heavy atom. The van der Waals surface area contributed by atoms with E-state index in [2.05, 4.69) is 15.1 Å². The number of halogens is 1. The van der Waals surface area contributed by atoms with Crippen molar-refractivity contribution < 1.29 is 9.26 Å². The number of nitrogens with two attached hydrogens (primary N) is 1. The normalized spacial score (nSPS) is 23.5. The molecule has 6 nitrogen and oxygen atoms in total. The van der Waals surface area contributed by atoms with Gasteiger partial charge in [0.05, 0.1) is 17.5 Å². The van der Waals surface area contributed by atoms with Crippen LogP contribution in [0.5, 0.6) is 0 Å². The van der Waals surface area contributed by atoms with Gasteiger partial charge in [0.15, 0.2) is 0 Å². The van der Waals surface area contributed by atoms with Crippen LogP contribution in [0.25, 0.3) is 11.5 Å². The molecule has 2 aromatic heterocycles. The third-order valence-corrected chi connectivity index (χ3v) is 3.44. The molecule has 1 fully saturated rings. The second kappa shape index (κ2) is 5.24. The summed E-state index contributed by atoms with van der Waals surface area (Å²) in [7, 11) is 0. The predicted octanol–water partition coefficient (Wildman–Crippen LogP) is 1.62. The minimum Gasteiger partial charge on any atom is -0.381 e. The Morgan fingerprint density at radius 2 is 2.32 bits per heavy atom. The molecule has 0 saturated carbocycles. The number of pyridine rings is 1. The fourth-order valence-electron chi connectivity index (χ4n) is 2.04. The van der Waals surface area contributed by atoms with Crippen LogP contribution in [0.1, 0.15) is 18.2 Å². The van der Waals surface area contributed by atoms with Gasteiger partial charge in [-0.05, 0) is 18.6 Å². The number of rotatable bonds is 2. The van der Waals surface area contributed by atoms with Gasteiger partial charge >= 0.3 is 0 Å². The van der Waals surface area contributed by atoms with Gasteiger partial charge in [-0.1, -0.05) is 16.8 Å². The number of hydrogen-bond donors (Lipinski definition) is 1. The summed E-state index contributed by atoms with van der Waals surface area (Å²) in [6, 6.07) is 3.45. The zero-order chi connectivity index (χ0) is 13.2. The fourth-order valence-corrected chi connectivity index (χ4v) is 2.25. The van der Waals surface area contributed by atoms with Crippen molar-refractivity contribution in [1.82, 2.24) is 15.1 Å². The van der Waals surface area contributed by atoms with E-state index in [1.807, 2.05) is 0 Å². The number of hydrogen-bond acceptors (Lipinski definition) is 6. The molecule has 0 bridgehead atoms. The lowest BCUT2D eigenvalue weighted by Crippen LogP contribution is -2.37. The minimum atomic E-state index is -0.0718. The molecule has 2 atom stereocenters. The molecule has 7 heteroatoms. The predicted molar refractivity (Wildman–Crippen MR) is 68.7 cm³/mol. The molecule has 0 radical (unpaired) electrons. The molecular formula is C12H13ClN4O2. The number of aromatic nitrogens is 3. The second-order valence-corrected chi connectivity index (χ2v) is 4.83. The van der Waals surface area contributed by atoms with Crippen LogP contribution in [0.3, 0.4) is 0 Å². The van der Waals surface area contributed by atoms with E-state index in [1.54, 1.807) is 18.3 Å². The van der Waals surface area contributed by atoms with Crippen molar-refractivity contribution in [1.29, 1.82) is 0 Å². The molecular weight excluding hydrogens is 268 g/mol. The van der Waals surface area contributed by atoms with Crippen LogP contribution < -0.4 is 5.73 Å². The molecule has 19 heavy (non-hydrogen) atoms. The molecule has 1 saturated heterocycles. The van der Waals surface area contributed by atoms with Gasteiger partial charge in [-0.2, -0.15) is 4.98 Å².